The van der Waals surface area contributed by atoms with Crippen molar-refractivity contribution in [3.05, 3.63) is 52.0 Å². The molecule has 3 rings (SSSR count). The molecule has 2 aromatic rings. The number of halogens is 1. The third-order valence-electron chi connectivity index (χ3n) is 4.21. The molecule has 154 valence electrons. The van der Waals surface area contributed by atoms with Crippen LogP contribution in [-0.4, -0.2) is 40.1 Å². The number of fused-ring (bicyclic) bond motifs is 1. The molecule has 1 aliphatic rings. The van der Waals surface area contributed by atoms with Gasteiger partial charge in [0, 0.05) is 10.0 Å². The minimum Gasteiger partial charge on any atom is -0.454 e. The molecule has 0 atom stereocenters. The minimum absolute atomic E-state index is 0.152. The van der Waals surface area contributed by atoms with Gasteiger partial charge in [0.05, 0.1) is 18.2 Å². The first-order valence-electron chi connectivity index (χ1n) is 8.76. The van der Waals surface area contributed by atoms with E-state index in [1.807, 2.05) is 19.1 Å². The second kappa shape index (κ2) is 8.83. The molecule has 8 nitrogen and oxygen atoms in total. The van der Waals surface area contributed by atoms with Crippen molar-refractivity contribution < 1.29 is 22.7 Å². The van der Waals surface area contributed by atoms with E-state index in [1.54, 1.807) is 24.3 Å². The third-order valence-corrected chi connectivity index (χ3v) is 6.03. The Labute approximate surface area is 177 Å². The summed E-state index contributed by atoms with van der Waals surface area (Å²) in [5.74, 6) is 0.645. The van der Waals surface area contributed by atoms with E-state index in [2.05, 4.69) is 26.5 Å². The Bertz CT molecular complexity index is 1060. The second-order valence-electron chi connectivity index (χ2n) is 6.27. The summed E-state index contributed by atoms with van der Waals surface area (Å²) in [5.41, 5.74) is 4.35. The maximum Gasteiger partial charge on any atom is 0.260 e. The monoisotopic (exact) mass is 481 g/mol. The van der Waals surface area contributed by atoms with Crippen LogP contribution in [0.3, 0.4) is 0 Å². The van der Waals surface area contributed by atoms with Crippen LogP contribution >= 0.6 is 15.9 Å². The van der Waals surface area contributed by atoms with Crippen LogP contribution < -0.4 is 19.2 Å². The number of ether oxygens (including phenoxy) is 2. The molecular weight excluding hydrogens is 462 g/mol. The van der Waals surface area contributed by atoms with E-state index >= 15 is 0 Å². The van der Waals surface area contributed by atoms with Gasteiger partial charge in [0.15, 0.2) is 11.5 Å². The fourth-order valence-corrected chi connectivity index (χ4v) is 4.12. The highest BCUT2D eigenvalue weighted by atomic mass is 79.9. The standard InChI is InChI=1S/C19H20BrN3O5S/c1-3-13-6-4-5-7-16(13)23(29(2,25)26)11-19(24)22-21-10-14-8-17-18(9-15(14)20)28-12-27-17/h4-10H,3,11-12H2,1-2H3,(H,22,24)/b21-10-. The van der Waals surface area contributed by atoms with Gasteiger partial charge in [-0.1, -0.05) is 25.1 Å². The van der Waals surface area contributed by atoms with E-state index < -0.39 is 15.9 Å². The Kier molecular flexibility index (Phi) is 6.43. The molecule has 1 aliphatic heterocycles. The highest BCUT2D eigenvalue weighted by Crippen LogP contribution is 2.36. The number of hydrazone groups is 1. The van der Waals surface area contributed by atoms with Gasteiger partial charge in [-0.25, -0.2) is 13.8 Å². The summed E-state index contributed by atoms with van der Waals surface area (Å²) in [6.07, 6.45) is 3.15. The van der Waals surface area contributed by atoms with Gasteiger partial charge in [0.2, 0.25) is 16.8 Å². The zero-order chi connectivity index (χ0) is 21.0. The second-order valence-corrected chi connectivity index (χ2v) is 9.03. The van der Waals surface area contributed by atoms with Crippen molar-refractivity contribution in [3.8, 4) is 11.5 Å². The average Bonchev–Trinajstić information content (AvgIpc) is 3.12. The number of nitrogens with zero attached hydrogens (tertiary/aromatic N) is 2. The topological polar surface area (TPSA) is 97.3 Å². The number of carbonyl (C=O) groups excluding carboxylic acids is 1. The van der Waals surface area contributed by atoms with Gasteiger partial charge in [-0.05, 0) is 46.1 Å². The van der Waals surface area contributed by atoms with E-state index in [-0.39, 0.29) is 13.3 Å². The van der Waals surface area contributed by atoms with Gasteiger partial charge in [-0.15, -0.1) is 0 Å². The Morgan fingerprint density at radius 1 is 1.28 bits per heavy atom. The highest BCUT2D eigenvalue weighted by molar-refractivity contribution is 9.10. The molecule has 1 amide bonds. The summed E-state index contributed by atoms with van der Waals surface area (Å²) >= 11 is 3.40. The Balaban J connectivity index is 1.72. The summed E-state index contributed by atoms with van der Waals surface area (Å²) < 4.78 is 36.9. The molecule has 10 heteroatoms. The number of aryl methyl sites for hydroxylation is 1. The number of rotatable bonds is 7. The van der Waals surface area contributed by atoms with Crippen molar-refractivity contribution in [2.24, 2.45) is 5.10 Å². The number of benzene rings is 2. The van der Waals surface area contributed by atoms with E-state index in [4.69, 9.17) is 9.47 Å². The summed E-state index contributed by atoms with van der Waals surface area (Å²) in [4.78, 5) is 12.3. The number of hydrogen-bond acceptors (Lipinski definition) is 6. The van der Waals surface area contributed by atoms with Crippen molar-refractivity contribution in [1.82, 2.24) is 5.43 Å². The number of nitrogens with one attached hydrogen (secondary N) is 1. The fraction of sp³-hybridized carbons (Fsp3) is 0.263. The quantitative estimate of drug-likeness (QED) is 0.484. The van der Waals surface area contributed by atoms with Crippen LogP contribution in [0.25, 0.3) is 0 Å². The fourth-order valence-electron chi connectivity index (χ4n) is 2.81. The van der Waals surface area contributed by atoms with Crippen molar-refractivity contribution >= 4 is 43.8 Å². The van der Waals surface area contributed by atoms with Crippen LogP contribution in [0.2, 0.25) is 0 Å². The predicted octanol–water partition coefficient (Wildman–Crippen LogP) is 2.66. The predicted molar refractivity (Wildman–Crippen MR) is 114 cm³/mol. The normalized spacial score (nSPS) is 12.9. The lowest BCUT2D eigenvalue weighted by Crippen LogP contribution is -2.39. The molecule has 0 spiro atoms. The van der Waals surface area contributed by atoms with Crippen LogP contribution in [0.5, 0.6) is 11.5 Å². The van der Waals surface area contributed by atoms with Crippen molar-refractivity contribution in [3.63, 3.8) is 0 Å². The zero-order valence-corrected chi connectivity index (χ0v) is 18.3. The van der Waals surface area contributed by atoms with Gasteiger partial charge in [0.25, 0.3) is 5.91 Å². The van der Waals surface area contributed by atoms with E-state index in [0.29, 0.717) is 29.2 Å². The highest BCUT2D eigenvalue weighted by Gasteiger charge is 2.22. The van der Waals surface area contributed by atoms with Gasteiger partial charge >= 0.3 is 0 Å². The van der Waals surface area contributed by atoms with Crippen LogP contribution in [0, 0.1) is 0 Å². The van der Waals surface area contributed by atoms with Crippen LogP contribution in [0.4, 0.5) is 5.69 Å². The molecule has 0 fully saturated rings. The third kappa shape index (κ3) is 5.07. The average molecular weight is 482 g/mol. The number of para-hydroxylation sites is 1. The molecule has 0 aliphatic carbocycles. The van der Waals surface area contributed by atoms with Crippen molar-refractivity contribution in [1.29, 1.82) is 0 Å². The molecule has 0 bridgehead atoms. The van der Waals surface area contributed by atoms with Gasteiger partial charge in [-0.2, -0.15) is 5.10 Å². The first-order valence-corrected chi connectivity index (χ1v) is 11.4. The van der Waals surface area contributed by atoms with Crippen LogP contribution in [0.15, 0.2) is 46.0 Å². The van der Waals surface area contributed by atoms with Crippen molar-refractivity contribution in [2.45, 2.75) is 13.3 Å². The van der Waals surface area contributed by atoms with E-state index in [1.165, 1.54) is 6.21 Å². The molecule has 0 saturated heterocycles. The van der Waals surface area contributed by atoms with Crippen LogP contribution in [0.1, 0.15) is 18.1 Å². The lowest BCUT2D eigenvalue weighted by atomic mass is 10.1. The lowest BCUT2D eigenvalue weighted by molar-refractivity contribution is -0.119. The number of carbonyl (C=O) groups is 1. The molecule has 0 saturated carbocycles. The first kappa shape index (κ1) is 21.1. The van der Waals surface area contributed by atoms with Crippen molar-refractivity contribution in [2.75, 3.05) is 23.9 Å². The Morgan fingerprint density at radius 2 is 1.97 bits per heavy atom. The van der Waals surface area contributed by atoms with Gasteiger partial charge < -0.3 is 9.47 Å². The van der Waals surface area contributed by atoms with Crippen LogP contribution in [-0.2, 0) is 21.2 Å². The molecule has 0 radical (unpaired) electrons. The number of sulfonamides is 1. The molecule has 0 unspecified atom stereocenters. The van der Waals surface area contributed by atoms with Gasteiger partial charge in [-0.3, -0.25) is 9.10 Å². The first-order chi connectivity index (χ1) is 13.8. The molecular formula is C19H20BrN3O5S. The summed E-state index contributed by atoms with van der Waals surface area (Å²) in [7, 11) is -3.65. The number of anilines is 1. The smallest absolute Gasteiger partial charge is 0.260 e. The Hall–Kier alpha value is -2.59. The molecule has 1 heterocycles. The van der Waals surface area contributed by atoms with E-state index in [9.17, 15) is 13.2 Å². The molecule has 0 aromatic heterocycles. The maximum atomic E-state index is 12.3. The summed E-state index contributed by atoms with van der Waals surface area (Å²) in [5, 5.41) is 3.93. The maximum absolute atomic E-state index is 12.3. The molecule has 2 aromatic carbocycles. The lowest BCUT2D eigenvalue weighted by Gasteiger charge is -2.23. The largest absolute Gasteiger partial charge is 0.454 e. The summed E-state index contributed by atoms with van der Waals surface area (Å²) in [6, 6.07) is 10.6. The Morgan fingerprint density at radius 3 is 2.66 bits per heavy atom. The summed E-state index contributed by atoms with van der Waals surface area (Å²) in [6.45, 7) is 1.70. The van der Waals surface area contributed by atoms with E-state index in [0.717, 1.165) is 20.6 Å². The van der Waals surface area contributed by atoms with Gasteiger partial charge in [0.1, 0.15) is 6.54 Å². The SMILES string of the molecule is CCc1ccccc1N(CC(=O)N/N=C\c1cc2c(cc1Br)OCO2)S(C)(=O)=O. The minimum atomic E-state index is -3.65. The molecule has 29 heavy (non-hydrogen) atoms. The molecule has 1 N–H and O–H groups in total. The number of hydrogen-bond donors (Lipinski definition) is 1. The number of amides is 1. The zero-order valence-electron chi connectivity index (χ0n) is 15.9.